The van der Waals surface area contributed by atoms with Gasteiger partial charge >= 0.3 is 0 Å². The Kier molecular flexibility index (Phi) is 6.04. The number of halogens is 1. The summed E-state index contributed by atoms with van der Waals surface area (Å²) in [6.45, 7) is 2.20. The number of benzene rings is 1. The van der Waals surface area contributed by atoms with E-state index in [1.54, 1.807) is 24.1 Å². The standard InChI is InChI=1S/C16H18FN5O2S2/c1-18-13(23)10-25-16-20-19-15(26-16)22-8-6-21(7-9-22)14(24)11-4-2-3-5-12(11)17/h2-5H,6-10H2,1H3,(H,18,23). The number of hydrogen-bond donors (Lipinski definition) is 1. The highest BCUT2D eigenvalue weighted by Crippen LogP contribution is 2.28. The fourth-order valence-corrected chi connectivity index (χ4v) is 4.26. The summed E-state index contributed by atoms with van der Waals surface area (Å²) in [5.41, 5.74) is 0.102. The van der Waals surface area contributed by atoms with E-state index in [-0.39, 0.29) is 17.4 Å². The van der Waals surface area contributed by atoms with Crippen molar-refractivity contribution < 1.29 is 14.0 Å². The van der Waals surface area contributed by atoms with Crippen molar-refractivity contribution in [3.8, 4) is 0 Å². The lowest BCUT2D eigenvalue weighted by molar-refractivity contribution is -0.118. The van der Waals surface area contributed by atoms with Gasteiger partial charge in [-0.05, 0) is 12.1 Å². The number of rotatable bonds is 5. The monoisotopic (exact) mass is 395 g/mol. The highest BCUT2D eigenvalue weighted by Gasteiger charge is 2.25. The fourth-order valence-electron chi connectivity index (χ4n) is 2.49. The van der Waals surface area contributed by atoms with Gasteiger partial charge in [0.2, 0.25) is 11.0 Å². The van der Waals surface area contributed by atoms with Crippen LogP contribution in [-0.2, 0) is 4.79 Å². The summed E-state index contributed by atoms with van der Waals surface area (Å²) in [5.74, 6) is -0.550. The van der Waals surface area contributed by atoms with Crippen molar-refractivity contribution in [2.45, 2.75) is 4.34 Å². The van der Waals surface area contributed by atoms with Gasteiger partial charge in [-0.25, -0.2) is 4.39 Å². The molecule has 1 aromatic carbocycles. The second-order valence-electron chi connectivity index (χ2n) is 5.57. The Morgan fingerprint density at radius 3 is 2.65 bits per heavy atom. The van der Waals surface area contributed by atoms with E-state index in [9.17, 15) is 14.0 Å². The second kappa shape index (κ2) is 8.45. The molecule has 2 amide bonds. The van der Waals surface area contributed by atoms with Gasteiger partial charge in [0.05, 0.1) is 11.3 Å². The molecule has 0 unspecified atom stereocenters. The third-order valence-corrected chi connectivity index (χ3v) is 6.06. The van der Waals surface area contributed by atoms with Crippen LogP contribution in [0.1, 0.15) is 10.4 Å². The van der Waals surface area contributed by atoms with Gasteiger partial charge in [0.25, 0.3) is 5.91 Å². The average molecular weight is 395 g/mol. The third-order valence-electron chi connectivity index (χ3n) is 3.94. The number of amides is 2. The molecule has 1 saturated heterocycles. The lowest BCUT2D eigenvalue weighted by Gasteiger charge is -2.34. The Balaban J connectivity index is 1.55. The van der Waals surface area contributed by atoms with Crippen LogP contribution in [0.15, 0.2) is 28.6 Å². The van der Waals surface area contributed by atoms with Crippen LogP contribution < -0.4 is 10.2 Å². The summed E-state index contributed by atoms with van der Waals surface area (Å²) < 4.78 is 14.5. The first-order chi connectivity index (χ1) is 12.6. The van der Waals surface area contributed by atoms with Gasteiger partial charge in [-0.2, -0.15) is 0 Å². The topological polar surface area (TPSA) is 78.4 Å². The van der Waals surface area contributed by atoms with Crippen LogP contribution in [0.3, 0.4) is 0 Å². The lowest BCUT2D eigenvalue weighted by atomic mass is 10.1. The Morgan fingerprint density at radius 2 is 1.96 bits per heavy atom. The number of nitrogens with zero attached hydrogens (tertiary/aromatic N) is 4. The molecule has 138 valence electrons. The van der Waals surface area contributed by atoms with Crippen molar-refractivity contribution >= 4 is 40.0 Å². The van der Waals surface area contributed by atoms with E-state index in [1.807, 2.05) is 4.90 Å². The molecule has 26 heavy (non-hydrogen) atoms. The zero-order valence-electron chi connectivity index (χ0n) is 14.1. The van der Waals surface area contributed by atoms with Crippen molar-refractivity contribution in [1.82, 2.24) is 20.4 Å². The zero-order chi connectivity index (χ0) is 18.5. The summed E-state index contributed by atoms with van der Waals surface area (Å²) >= 11 is 2.77. The number of carbonyl (C=O) groups is 2. The average Bonchev–Trinajstić information content (AvgIpc) is 3.15. The third kappa shape index (κ3) is 4.31. The van der Waals surface area contributed by atoms with Crippen LogP contribution in [-0.4, -0.2) is 65.9 Å². The minimum Gasteiger partial charge on any atom is -0.358 e. The Labute approximate surface area is 158 Å². The number of nitrogens with one attached hydrogen (secondary N) is 1. The van der Waals surface area contributed by atoms with Crippen LogP contribution in [0.2, 0.25) is 0 Å². The highest BCUT2D eigenvalue weighted by molar-refractivity contribution is 8.01. The molecule has 1 fully saturated rings. The first-order valence-electron chi connectivity index (χ1n) is 8.04. The number of hydrogen-bond acceptors (Lipinski definition) is 7. The Bertz CT molecular complexity index is 792. The van der Waals surface area contributed by atoms with Gasteiger partial charge in [0, 0.05) is 33.2 Å². The van der Waals surface area contributed by atoms with Crippen molar-refractivity contribution in [3.05, 3.63) is 35.6 Å². The number of carbonyl (C=O) groups excluding carboxylic acids is 2. The van der Waals surface area contributed by atoms with Gasteiger partial charge in [-0.15, -0.1) is 10.2 Å². The lowest BCUT2D eigenvalue weighted by Crippen LogP contribution is -2.49. The van der Waals surface area contributed by atoms with Crippen LogP contribution in [0.4, 0.5) is 9.52 Å². The number of thioether (sulfide) groups is 1. The molecule has 0 saturated carbocycles. The molecule has 2 heterocycles. The first kappa shape index (κ1) is 18.6. The van der Waals surface area contributed by atoms with Gasteiger partial charge in [-0.3, -0.25) is 9.59 Å². The fraction of sp³-hybridized carbons (Fsp3) is 0.375. The van der Waals surface area contributed by atoms with E-state index in [2.05, 4.69) is 15.5 Å². The highest BCUT2D eigenvalue weighted by atomic mass is 32.2. The molecule has 7 nitrogen and oxygen atoms in total. The van der Waals surface area contributed by atoms with E-state index in [4.69, 9.17) is 0 Å². The summed E-state index contributed by atoms with van der Waals surface area (Å²) in [6, 6.07) is 6.03. The minimum atomic E-state index is -0.498. The van der Waals surface area contributed by atoms with Crippen LogP contribution in [0.25, 0.3) is 0 Å². The Hall–Kier alpha value is -2.20. The van der Waals surface area contributed by atoms with Crippen LogP contribution in [0.5, 0.6) is 0 Å². The van der Waals surface area contributed by atoms with Crippen LogP contribution in [0, 0.1) is 5.82 Å². The van der Waals surface area contributed by atoms with Gasteiger partial charge < -0.3 is 15.1 Å². The molecular formula is C16H18FN5O2S2. The van der Waals surface area contributed by atoms with Crippen molar-refractivity contribution in [1.29, 1.82) is 0 Å². The molecule has 2 aromatic rings. The smallest absolute Gasteiger partial charge is 0.256 e. The Morgan fingerprint density at radius 1 is 1.23 bits per heavy atom. The maximum absolute atomic E-state index is 13.8. The van der Waals surface area contributed by atoms with Gasteiger partial charge in [-0.1, -0.05) is 35.2 Å². The van der Waals surface area contributed by atoms with Gasteiger partial charge in [0.1, 0.15) is 5.82 Å². The number of piperazine rings is 1. The molecular weight excluding hydrogens is 377 g/mol. The molecule has 1 aliphatic rings. The van der Waals surface area contributed by atoms with E-state index >= 15 is 0 Å². The maximum atomic E-state index is 13.8. The number of aromatic nitrogens is 2. The normalized spacial score (nSPS) is 14.4. The SMILES string of the molecule is CNC(=O)CSc1nnc(N2CCN(C(=O)c3ccccc3F)CC2)s1. The first-order valence-corrected chi connectivity index (χ1v) is 9.84. The second-order valence-corrected chi connectivity index (χ2v) is 7.75. The molecule has 0 spiro atoms. The van der Waals surface area contributed by atoms with Crippen molar-refractivity contribution in [3.63, 3.8) is 0 Å². The molecule has 10 heteroatoms. The predicted octanol–water partition coefficient (Wildman–Crippen LogP) is 1.48. The summed E-state index contributed by atoms with van der Waals surface area (Å²) in [5, 5.41) is 11.6. The molecule has 1 N–H and O–H groups in total. The molecule has 1 aliphatic heterocycles. The van der Waals surface area contributed by atoms with Crippen LogP contribution >= 0.6 is 23.1 Å². The molecule has 0 aliphatic carbocycles. The van der Waals surface area contributed by atoms with E-state index in [1.165, 1.54) is 35.2 Å². The molecule has 0 bridgehead atoms. The summed E-state index contributed by atoms with van der Waals surface area (Å²) in [4.78, 5) is 27.4. The van der Waals surface area contributed by atoms with Crippen molar-refractivity contribution in [2.24, 2.45) is 0 Å². The largest absolute Gasteiger partial charge is 0.358 e. The maximum Gasteiger partial charge on any atom is 0.256 e. The predicted molar refractivity (Wildman–Crippen MR) is 99.2 cm³/mol. The summed E-state index contributed by atoms with van der Waals surface area (Å²) in [7, 11) is 1.59. The van der Waals surface area contributed by atoms with E-state index < -0.39 is 5.82 Å². The van der Waals surface area contributed by atoms with E-state index in [0.717, 1.165) is 9.47 Å². The minimum absolute atomic E-state index is 0.0629. The van der Waals surface area contributed by atoms with Crippen molar-refractivity contribution in [2.75, 3.05) is 43.9 Å². The zero-order valence-corrected chi connectivity index (χ0v) is 15.8. The molecule has 0 atom stereocenters. The summed E-state index contributed by atoms with van der Waals surface area (Å²) in [6.07, 6.45) is 0. The molecule has 3 rings (SSSR count). The quantitative estimate of drug-likeness (QED) is 0.773. The number of anilines is 1. The molecule has 0 radical (unpaired) electrons. The molecule has 1 aromatic heterocycles. The van der Waals surface area contributed by atoms with E-state index in [0.29, 0.717) is 31.9 Å². The van der Waals surface area contributed by atoms with Gasteiger partial charge in [0.15, 0.2) is 4.34 Å².